The van der Waals surface area contributed by atoms with Gasteiger partial charge in [-0.1, -0.05) is 173 Å². The van der Waals surface area contributed by atoms with Gasteiger partial charge < -0.3 is 0 Å². The Morgan fingerprint density at radius 1 is 0.512 bits per heavy atom. The maximum Gasteiger partial charge on any atom is 0.0443 e. The normalized spacial score (nSPS) is 12.2. The summed E-state index contributed by atoms with van der Waals surface area (Å²) in [7, 11) is 0. The summed E-state index contributed by atoms with van der Waals surface area (Å²) in [4.78, 5) is 0. The van der Waals surface area contributed by atoms with Crippen molar-refractivity contribution >= 4 is 0 Å². The Hall–Kier alpha value is -2.44. The zero-order valence-electron chi connectivity index (χ0n) is 28.9. The standard InChI is InChI=1S/C43H62/c1-42(2,3)33-25-19-15-11-7-9-13-17-21-27-36-31-32-40-39-30-24-23-28-37(39)35-41(40)38(36)29-22-18-14-10-8-12-16-20-26-34-43(4,5)6/h23-24,28,30-32H,7-20,25-26,33-35H2,1-6H3. The van der Waals surface area contributed by atoms with Crippen LogP contribution in [0.1, 0.15) is 179 Å². The second kappa shape index (κ2) is 18.4. The molecule has 2 aromatic rings. The van der Waals surface area contributed by atoms with E-state index in [2.05, 4.69) is 102 Å². The number of fused-ring (bicyclic) bond motifs is 3. The zero-order chi connectivity index (χ0) is 31.0. The van der Waals surface area contributed by atoms with Crippen LogP contribution in [0.25, 0.3) is 11.1 Å². The lowest BCUT2D eigenvalue weighted by atomic mass is 9.89. The summed E-state index contributed by atoms with van der Waals surface area (Å²) in [6.07, 6.45) is 24.4. The molecule has 1 aliphatic carbocycles. The Morgan fingerprint density at radius 2 is 1.00 bits per heavy atom. The second-order valence-corrected chi connectivity index (χ2v) is 15.5. The Labute approximate surface area is 267 Å². The maximum absolute atomic E-state index is 3.62. The third kappa shape index (κ3) is 13.8. The Bertz CT molecular complexity index is 1220. The number of hydrogen-bond acceptors (Lipinski definition) is 0. The molecule has 0 heterocycles. The van der Waals surface area contributed by atoms with Crippen molar-refractivity contribution in [3.05, 3.63) is 58.7 Å². The van der Waals surface area contributed by atoms with Crippen LogP contribution < -0.4 is 0 Å². The summed E-state index contributed by atoms with van der Waals surface area (Å²) < 4.78 is 0. The average Bonchev–Trinajstić information content (AvgIpc) is 3.33. The minimum atomic E-state index is 0.483. The van der Waals surface area contributed by atoms with E-state index in [1.807, 2.05) is 0 Å². The first-order valence-corrected chi connectivity index (χ1v) is 17.9. The summed E-state index contributed by atoms with van der Waals surface area (Å²) in [6.45, 7) is 14.1. The van der Waals surface area contributed by atoms with Gasteiger partial charge in [0.25, 0.3) is 0 Å². The van der Waals surface area contributed by atoms with Gasteiger partial charge in [0.05, 0.1) is 0 Å². The molecule has 0 aliphatic heterocycles. The van der Waals surface area contributed by atoms with Crippen LogP contribution in [0.5, 0.6) is 0 Å². The van der Waals surface area contributed by atoms with E-state index in [1.54, 1.807) is 0 Å². The number of rotatable bonds is 16. The number of hydrogen-bond donors (Lipinski definition) is 0. The molecular formula is C43H62. The molecule has 0 saturated carbocycles. The van der Waals surface area contributed by atoms with Crippen LogP contribution in [-0.2, 0) is 6.42 Å². The maximum atomic E-state index is 3.62. The quantitative estimate of drug-likeness (QED) is 0.117. The molecule has 0 aromatic heterocycles. The summed E-state index contributed by atoms with van der Waals surface area (Å²) in [5.74, 6) is 14.2. The predicted molar refractivity (Wildman–Crippen MR) is 190 cm³/mol. The van der Waals surface area contributed by atoms with Crippen LogP contribution in [0.2, 0.25) is 0 Å². The Morgan fingerprint density at radius 3 is 1.56 bits per heavy atom. The highest BCUT2D eigenvalue weighted by Gasteiger charge is 2.21. The van der Waals surface area contributed by atoms with Gasteiger partial charge in [0, 0.05) is 24.0 Å². The molecule has 1 aliphatic rings. The SMILES string of the molecule is CC(C)(C)CCCCCCCCCC#Cc1ccc2c(c1C#CCCCCCCCCCC(C)(C)C)Cc1ccccc1-2. The van der Waals surface area contributed by atoms with Crippen LogP contribution in [0.4, 0.5) is 0 Å². The molecule has 0 saturated heterocycles. The summed E-state index contributed by atoms with van der Waals surface area (Å²) >= 11 is 0. The van der Waals surface area contributed by atoms with Crippen molar-refractivity contribution in [1.29, 1.82) is 0 Å². The van der Waals surface area contributed by atoms with Gasteiger partial charge >= 0.3 is 0 Å². The molecule has 0 fully saturated rings. The van der Waals surface area contributed by atoms with Crippen LogP contribution in [0.3, 0.4) is 0 Å². The van der Waals surface area contributed by atoms with E-state index in [0.29, 0.717) is 10.8 Å². The van der Waals surface area contributed by atoms with Gasteiger partial charge in [0.15, 0.2) is 0 Å². The second-order valence-electron chi connectivity index (χ2n) is 15.5. The summed E-state index contributed by atoms with van der Waals surface area (Å²) in [5, 5.41) is 0. The molecule has 0 bridgehead atoms. The highest BCUT2D eigenvalue weighted by atomic mass is 14.2. The minimum Gasteiger partial charge on any atom is -0.0978 e. The van der Waals surface area contributed by atoms with Crippen molar-refractivity contribution in [2.45, 2.75) is 164 Å². The topological polar surface area (TPSA) is 0 Å². The number of benzene rings is 2. The van der Waals surface area contributed by atoms with Gasteiger partial charge in [-0.15, -0.1) is 0 Å². The average molecular weight is 579 g/mol. The highest BCUT2D eigenvalue weighted by molar-refractivity contribution is 5.80. The minimum absolute atomic E-state index is 0.483. The van der Waals surface area contributed by atoms with Crippen molar-refractivity contribution < 1.29 is 0 Å². The lowest BCUT2D eigenvalue weighted by Crippen LogP contribution is -2.03. The highest BCUT2D eigenvalue weighted by Crippen LogP contribution is 2.39. The van der Waals surface area contributed by atoms with Gasteiger partial charge in [0.2, 0.25) is 0 Å². The summed E-state index contributed by atoms with van der Waals surface area (Å²) in [5.41, 5.74) is 8.84. The van der Waals surface area contributed by atoms with Crippen LogP contribution >= 0.6 is 0 Å². The van der Waals surface area contributed by atoms with Crippen molar-refractivity contribution in [3.8, 4) is 34.8 Å². The Balaban J connectivity index is 1.46. The molecule has 0 N–H and O–H groups in total. The molecule has 0 unspecified atom stereocenters. The lowest BCUT2D eigenvalue weighted by Gasteiger charge is -2.17. The van der Waals surface area contributed by atoms with Crippen molar-refractivity contribution in [2.24, 2.45) is 10.8 Å². The third-order valence-corrected chi connectivity index (χ3v) is 8.88. The van der Waals surface area contributed by atoms with Crippen LogP contribution in [0.15, 0.2) is 36.4 Å². The van der Waals surface area contributed by atoms with Crippen molar-refractivity contribution in [1.82, 2.24) is 0 Å². The van der Waals surface area contributed by atoms with E-state index in [9.17, 15) is 0 Å². The molecule has 0 amide bonds. The monoisotopic (exact) mass is 578 g/mol. The van der Waals surface area contributed by atoms with Crippen molar-refractivity contribution in [3.63, 3.8) is 0 Å². The smallest absolute Gasteiger partial charge is 0.0443 e. The molecule has 234 valence electrons. The Kier molecular flexibility index (Phi) is 15.0. The van der Waals surface area contributed by atoms with Gasteiger partial charge in [-0.3, -0.25) is 0 Å². The molecule has 2 aromatic carbocycles. The van der Waals surface area contributed by atoms with Gasteiger partial charge in [0.1, 0.15) is 0 Å². The molecule has 0 nitrogen and oxygen atoms in total. The van der Waals surface area contributed by atoms with Gasteiger partial charge in [-0.05, 0) is 71.3 Å². The van der Waals surface area contributed by atoms with Crippen LogP contribution in [-0.4, -0.2) is 0 Å². The van der Waals surface area contributed by atoms with Crippen LogP contribution in [0, 0.1) is 34.5 Å². The molecule has 0 radical (unpaired) electrons. The van der Waals surface area contributed by atoms with E-state index in [0.717, 1.165) is 24.8 Å². The molecule has 0 atom stereocenters. The van der Waals surface area contributed by atoms with E-state index in [1.165, 1.54) is 131 Å². The van der Waals surface area contributed by atoms with Crippen molar-refractivity contribution in [2.75, 3.05) is 0 Å². The molecule has 0 spiro atoms. The van der Waals surface area contributed by atoms with Gasteiger partial charge in [-0.2, -0.15) is 0 Å². The largest absolute Gasteiger partial charge is 0.0978 e. The fourth-order valence-corrected chi connectivity index (χ4v) is 6.27. The van der Waals surface area contributed by atoms with E-state index in [4.69, 9.17) is 0 Å². The first kappa shape index (κ1) is 35.0. The number of unbranched alkanes of at least 4 members (excludes halogenated alkanes) is 14. The molecular weight excluding hydrogens is 516 g/mol. The predicted octanol–water partition coefficient (Wildman–Crippen LogP) is 13.1. The first-order chi connectivity index (χ1) is 20.6. The molecule has 0 heteroatoms. The summed E-state index contributed by atoms with van der Waals surface area (Å²) in [6, 6.07) is 13.4. The fourth-order valence-electron chi connectivity index (χ4n) is 6.27. The van der Waals surface area contributed by atoms with E-state index < -0.39 is 0 Å². The lowest BCUT2D eigenvalue weighted by molar-refractivity contribution is 0.356. The fraction of sp³-hybridized carbons (Fsp3) is 0.628. The third-order valence-electron chi connectivity index (χ3n) is 8.88. The van der Waals surface area contributed by atoms with Gasteiger partial charge in [-0.25, -0.2) is 0 Å². The molecule has 3 rings (SSSR count). The van der Waals surface area contributed by atoms with E-state index >= 15 is 0 Å². The first-order valence-electron chi connectivity index (χ1n) is 17.9. The molecule has 43 heavy (non-hydrogen) atoms. The zero-order valence-corrected chi connectivity index (χ0v) is 28.9. The van der Waals surface area contributed by atoms with E-state index in [-0.39, 0.29) is 0 Å².